The van der Waals surface area contributed by atoms with Gasteiger partial charge in [0.2, 0.25) is 0 Å². The molecule has 0 amide bonds. The van der Waals surface area contributed by atoms with Crippen LogP contribution in [-0.2, 0) is 10.3 Å². The molecule has 0 bridgehead atoms. The molecule has 0 saturated heterocycles. The molecule has 2 N–H and O–H groups in total. The number of nitrogens with two attached hydrogens (primary N) is 1. The van der Waals surface area contributed by atoms with Crippen LogP contribution in [0, 0.1) is 6.92 Å². The summed E-state index contributed by atoms with van der Waals surface area (Å²) >= 11 is 3.46. The highest BCUT2D eigenvalue weighted by Gasteiger charge is 2.27. The van der Waals surface area contributed by atoms with E-state index in [1.54, 1.807) is 14.0 Å². The third-order valence-electron chi connectivity index (χ3n) is 2.79. The Morgan fingerprint density at radius 1 is 1.47 bits per heavy atom. The van der Waals surface area contributed by atoms with Crippen LogP contribution in [0.5, 0.6) is 0 Å². The first-order valence-corrected chi connectivity index (χ1v) is 6.62. The lowest BCUT2D eigenvalue weighted by Gasteiger charge is -2.18. The molecule has 1 atom stereocenters. The second-order valence-corrected chi connectivity index (χ2v) is 5.59. The van der Waals surface area contributed by atoms with Gasteiger partial charge in [0.1, 0.15) is 5.54 Å². The maximum atomic E-state index is 6.08. The molecule has 0 aliphatic heterocycles. The molecule has 19 heavy (non-hydrogen) atoms. The van der Waals surface area contributed by atoms with Crippen molar-refractivity contribution < 1.29 is 9.26 Å². The van der Waals surface area contributed by atoms with Crippen molar-refractivity contribution in [2.24, 2.45) is 5.73 Å². The van der Waals surface area contributed by atoms with Crippen LogP contribution in [0.1, 0.15) is 18.3 Å². The second kappa shape index (κ2) is 5.40. The Bertz CT molecular complexity index is 581. The van der Waals surface area contributed by atoms with Crippen molar-refractivity contribution in [3.05, 3.63) is 34.1 Å². The Kier molecular flexibility index (Phi) is 4.03. The van der Waals surface area contributed by atoms with Crippen molar-refractivity contribution >= 4 is 15.9 Å². The molecule has 0 fully saturated rings. The number of ether oxygens (including phenoxy) is 1. The highest BCUT2D eigenvalue weighted by Crippen LogP contribution is 2.25. The van der Waals surface area contributed by atoms with E-state index in [1.807, 2.05) is 25.1 Å². The van der Waals surface area contributed by atoms with Gasteiger partial charge in [-0.25, -0.2) is 0 Å². The topological polar surface area (TPSA) is 74.2 Å². The van der Waals surface area contributed by atoms with E-state index < -0.39 is 5.54 Å². The number of halogens is 1. The number of benzene rings is 1. The van der Waals surface area contributed by atoms with Crippen molar-refractivity contribution in [1.82, 2.24) is 10.1 Å². The van der Waals surface area contributed by atoms with Crippen molar-refractivity contribution in [2.45, 2.75) is 19.4 Å². The van der Waals surface area contributed by atoms with Gasteiger partial charge in [-0.15, -0.1) is 0 Å². The van der Waals surface area contributed by atoms with E-state index in [-0.39, 0.29) is 0 Å². The van der Waals surface area contributed by atoms with E-state index in [4.69, 9.17) is 15.0 Å². The molecule has 6 heteroatoms. The van der Waals surface area contributed by atoms with Crippen LogP contribution in [0.4, 0.5) is 0 Å². The molecule has 2 rings (SSSR count). The van der Waals surface area contributed by atoms with Gasteiger partial charge in [-0.3, -0.25) is 0 Å². The predicted molar refractivity (Wildman–Crippen MR) is 75.6 cm³/mol. The smallest absolute Gasteiger partial charge is 0.258 e. The molecule has 1 heterocycles. The zero-order valence-corrected chi connectivity index (χ0v) is 12.7. The van der Waals surface area contributed by atoms with Gasteiger partial charge >= 0.3 is 0 Å². The molecule has 5 nitrogen and oxygen atoms in total. The monoisotopic (exact) mass is 325 g/mol. The fraction of sp³-hybridized carbons (Fsp3) is 0.385. The van der Waals surface area contributed by atoms with E-state index in [2.05, 4.69) is 26.1 Å². The van der Waals surface area contributed by atoms with E-state index in [1.165, 1.54) is 0 Å². The van der Waals surface area contributed by atoms with Crippen molar-refractivity contribution in [3.8, 4) is 11.5 Å². The van der Waals surface area contributed by atoms with Crippen molar-refractivity contribution in [3.63, 3.8) is 0 Å². The first-order valence-electron chi connectivity index (χ1n) is 5.82. The quantitative estimate of drug-likeness (QED) is 0.935. The lowest BCUT2D eigenvalue weighted by atomic mass is 10.1. The van der Waals surface area contributed by atoms with Crippen LogP contribution < -0.4 is 5.73 Å². The molecular weight excluding hydrogens is 310 g/mol. The summed E-state index contributed by atoms with van der Waals surface area (Å²) in [7, 11) is 1.59. The number of aryl methyl sites for hydroxylation is 1. The first kappa shape index (κ1) is 14.2. The van der Waals surface area contributed by atoms with Crippen LogP contribution in [0.25, 0.3) is 11.5 Å². The van der Waals surface area contributed by atoms with Crippen molar-refractivity contribution in [2.75, 3.05) is 13.7 Å². The summed E-state index contributed by atoms with van der Waals surface area (Å²) in [6.45, 7) is 4.13. The van der Waals surface area contributed by atoms with Gasteiger partial charge in [0, 0.05) is 17.1 Å². The summed E-state index contributed by atoms with van der Waals surface area (Å²) in [4.78, 5) is 4.34. The van der Waals surface area contributed by atoms with E-state index in [9.17, 15) is 0 Å². The zero-order valence-electron chi connectivity index (χ0n) is 11.1. The zero-order chi connectivity index (χ0) is 14.0. The molecule has 1 unspecified atom stereocenters. The normalized spacial score (nSPS) is 14.4. The van der Waals surface area contributed by atoms with Crippen LogP contribution in [0.3, 0.4) is 0 Å². The minimum Gasteiger partial charge on any atom is -0.382 e. The highest BCUT2D eigenvalue weighted by atomic mass is 79.9. The number of rotatable bonds is 4. The number of nitrogens with zero attached hydrogens (tertiary/aromatic N) is 2. The summed E-state index contributed by atoms with van der Waals surface area (Å²) < 4.78 is 11.4. The molecule has 102 valence electrons. The van der Waals surface area contributed by atoms with Crippen LogP contribution >= 0.6 is 15.9 Å². The molecule has 0 saturated carbocycles. The van der Waals surface area contributed by atoms with Crippen LogP contribution in [-0.4, -0.2) is 23.9 Å². The minimum atomic E-state index is -0.763. The number of hydrogen-bond donors (Lipinski definition) is 1. The Hall–Kier alpha value is -1.24. The third-order valence-corrected chi connectivity index (χ3v) is 3.68. The Morgan fingerprint density at radius 3 is 2.84 bits per heavy atom. The molecule has 0 spiro atoms. The first-order chi connectivity index (χ1) is 8.94. The predicted octanol–water partition coefficient (Wildman–Crippen LogP) is 2.63. The lowest BCUT2D eigenvalue weighted by Crippen LogP contribution is -2.38. The van der Waals surface area contributed by atoms with Gasteiger partial charge in [0.05, 0.1) is 6.61 Å². The van der Waals surface area contributed by atoms with E-state index >= 15 is 0 Å². The number of hydrogen-bond acceptors (Lipinski definition) is 5. The number of methoxy groups -OCH3 is 1. The fourth-order valence-corrected chi connectivity index (χ4v) is 1.96. The average Bonchev–Trinajstić information content (AvgIpc) is 2.83. The maximum Gasteiger partial charge on any atom is 0.258 e. The molecular formula is C13H16BrN3O2. The summed E-state index contributed by atoms with van der Waals surface area (Å²) in [6, 6.07) is 5.84. The molecule has 0 radical (unpaired) electrons. The number of aromatic nitrogens is 2. The van der Waals surface area contributed by atoms with Gasteiger partial charge in [0.25, 0.3) is 5.89 Å². The van der Waals surface area contributed by atoms with Crippen LogP contribution in [0.15, 0.2) is 27.2 Å². The van der Waals surface area contributed by atoms with E-state index in [0.717, 1.165) is 15.6 Å². The second-order valence-electron chi connectivity index (χ2n) is 4.74. The summed E-state index contributed by atoms with van der Waals surface area (Å²) in [6.07, 6.45) is 0. The highest BCUT2D eigenvalue weighted by molar-refractivity contribution is 9.10. The maximum absolute atomic E-state index is 6.08. The van der Waals surface area contributed by atoms with Gasteiger partial charge in [-0.1, -0.05) is 21.1 Å². The van der Waals surface area contributed by atoms with Gasteiger partial charge in [-0.2, -0.15) is 4.98 Å². The largest absolute Gasteiger partial charge is 0.382 e. The summed E-state index contributed by atoms with van der Waals surface area (Å²) in [5.74, 6) is 0.892. The summed E-state index contributed by atoms with van der Waals surface area (Å²) in [5.41, 5.74) is 7.28. The van der Waals surface area contributed by atoms with E-state index in [0.29, 0.717) is 18.3 Å². The SMILES string of the molecule is COCC(C)(N)c1noc(-c2ccc(Br)c(C)c2)n1. The van der Waals surface area contributed by atoms with Gasteiger partial charge < -0.3 is 15.0 Å². The standard InChI is InChI=1S/C13H16BrN3O2/c1-8-6-9(4-5-10(8)14)11-16-12(17-19-11)13(2,15)7-18-3/h4-6H,7,15H2,1-3H3. The third kappa shape index (κ3) is 3.02. The lowest BCUT2D eigenvalue weighted by molar-refractivity contribution is 0.135. The average molecular weight is 326 g/mol. The van der Waals surface area contributed by atoms with Crippen molar-refractivity contribution in [1.29, 1.82) is 0 Å². The Morgan fingerprint density at radius 2 is 2.21 bits per heavy atom. The van der Waals surface area contributed by atoms with Gasteiger partial charge in [-0.05, 0) is 37.6 Å². The molecule has 1 aromatic heterocycles. The van der Waals surface area contributed by atoms with Gasteiger partial charge in [0.15, 0.2) is 5.82 Å². The molecule has 0 aliphatic carbocycles. The molecule has 1 aromatic carbocycles. The fourth-order valence-electron chi connectivity index (χ4n) is 1.71. The molecule has 2 aromatic rings. The Labute approximate surface area is 120 Å². The molecule has 0 aliphatic rings. The summed E-state index contributed by atoms with van der Waals surface area (Å²) in [5, 5.41) is 3.93. The minimum absolute atomic E-state index is 0.325. The van der Waals surface area contributed by atoms with Crippen LogP contribution in [0.2, 0.25) is 0 Å². The Balaban J connectivity index is 2.33.